The van der Waals surface area contributed by atoms with Crippen LogP contribution in [0.1, 0.15) is 15.9 Å². The summed E-state index contributed by atoms with van der Waals surface area (Å²) >= 11 is 0. The highest BCUT2D eigenvalue weighted by molar-refractivity contribution is 6.03. The lowest BCUT2D eigenvalue weighted by molar-refractivity contribution is 0.0737. The molecule has 1 N–H and O–H groups in total. The molecule has 0 atom stereocenters. The van der Waals surface area contributed by atoms with Crippen molar-refractivity contribution in [2.75, 3.05) is 33.2 Å². The summed E-state index contributed by atoms with van der Waals surface area (Å²) in [7, 11) is 2.16. The molecule has 1 saturated heterocycles. The summed E-state index contributed by atoms with van der Waals surface area (Å²) < 4.78 is 5.52. The molecule has 0 unspecified atom stereocenters. The first-order valence-electron chi connectivity index (χ1n) is 8.83. The van der Waals surface area contributed by atoms with E-state index < -0.39 is 0 Å². The molecule has 0 bridgehead atoms. The summed E-state index contributed by atoms with van der Waals surface area (Å²) in [6, 6.07) is 11.4. The highest BCUT2D eigenvalue weighted by Gasteiger charge is 2.16. The van der Waals surface area contributed by atoms with Gasteiger partial charge in [0, 0.05) is 50.5 Å². The van der Waals surface area contributed by atoms with E-state index in [1.807, 2.05) is 30.3 Å². The average molecular weight is 350 g/mol. The van der Waals surface area contributed by atoms with E-state index in [2.05, 4.69) is 26.8 Å². The Bertz CT molecular complexity index is 896. The number of pyridine rings is 1. The van der Waals surface area contributed by atoms with Gasteiger partial charge in [0.15, 0.2) is 0 Å². The number of likely N-dealkylation sites (N-methyl/N-ethyl adjacent to an activating group) is 1. The number of ether oxygens (including phenoxy) is 1. The van der Waals surface area contributed by atoms with Crippen LogP contribution in [0.2, 0.25) is 0 Å². The van der Waals surface area contributed by atoms with Gasteiger partial charge in [0.25, 0.3) is 0 Å². The number of hydrogen-bond donors (Lipinski definition) is 1. The molecular weight excluding hydrogens is 328 g/mol. The maximum atomic E-state index is 12.4. The molecule has 0 radical (unpaired) electrons. The van der Waals surface area contributed by atoms with Crippen molar-refractivity contribution >= 4 is 17.0 Å². The number of nitrogens with zero attached hydrogens (tertiary/aromatic N) is 3. The number of hydrogen-bond acceptors (Lipinski definition) is 5. The molecule has 134 valence electrons. The van der Waals surface area contributed by atoms with Crippen LogP contribution in [-0.4, -0.2) is 59.0 Å². The van der Waals surface area contributed by atoms with Gasteiger partial charge in [-0.3, -0.25) is 4.90 Å². The van der Waals surface area contributed by atoms with Gasteiger partial charge in [-0.15, -0.1) is 0 Å². The van der Waals surface area contributed by atoms with Crippen LogP contribution in [0.4, 0.5) is 0 Å². The normalized spacial score (nSPS) is 16.0. The molecule has 1 fully saturated rings. The minimum Gasteiger partial charge on any atom is -0.423 e. The molecule has 3 heterocycles. The Balaban J connectivity index is 1.40. The van der Waals surface area contributed by atoms with Gasteiger partial charge in [0.2, 0.25) is 0 Å². The molecule has 0 aliphatic carbocycles. The average Bonchev–Trinajstić information content (AvgIpc) is 3.09. The standard InChI is InChI=1S/C20H22N4O2/c1-23-9-11-24(12-10-23)14-15-4-6-16(7-5-15)26-20(25)18-13-22-19-17(18)3-2-8-21-19/h2-8,13H,9-12,14H2,1H3,(H,21,22). The topological polar surface area (TPSA) is 61.5 Å². The number of fused-ring (bicyclic) bond motifs is 1. The van der Waals surface area contributed by atoms with E-state index in [0.29, 0.717) is 17.0 Å². The fourth-order valence-electron chi connectivity index (χ4n) is 3.21. The summed E-state index contributed by atoms with van der Waals surface area (Å²) in [5.41, 5.74) is 2.40. The number of carbonyl (C=O) groups is 1. The molecule has 4 rings (SSSR count). The van der Waals surface area contributed by atoms with Crippen LogP contribution in [0.15, 0.2) is 48.8 Å². The van der Waals surface area contributed by atoms with E-state index in [-0.39, 0.29) is 5.97 Å². The smallest absolute Gasteiger partial charge is 0.345 e. The van der Waals surface area contributed by atoms with Crippen LogP contribution >= 0.6 is 0 Å². The van der Waals surface area contributed by atoms with Crippen LogP contribution in [-0.2, 0) is 6.54 Å². The zero-order valence-electron chi connectivity index (χ0n) is 14.8. The van der Waals surface area contributed by atoms with Gasteiger partial charge in [0.05, 0.1) is 5.56 Å². The monoisotopic (exact) mass is 350 g/mol. The number of aromatic amines is 1. The summed E-state index contributed by atoms with van der Waals surface area (Å²) in [4.78, 5) is 24.4. The van der Waals surface area contributed by atoms with Crippen molar-refractivity contribution in [2.45, 2.75) is 6.54 Å². The molecule has 2 aromatic heterocycles. The quantitative estimate of drug-likeness (QED) is 0.579. The third-order valence-corrected chi connectivity index (χ3v) is 4.81. The molecule has 26 heavy (non-hydrogen) atoms. The SMILES string of the molecule is CN1CCN(Cc2ccc(OC(=O)c3c[nH]c4ncccc34)cc2)CC1. The number of esters is 1. The molecule has 1 aromatic carbocycles. The second-order valence-electron chi connectivity index (χ2n) is 6.71. The predicted molar refractivity (Wildman–Crippen MR) is 100 cm³/mol. The molecule has 0 spiro atoms. The van der Waals surface area contributed by atoms with E-state index in [1.165, 1.54) is 5.56 Å². The third kappa shape index (κ3) is 3.61. The number of H-pyrrole nitrogens is 1. The Morgan fingerprint density at radius 3 is 2.69 bits per heavy atom. The summed E-state index contributed by atoms with van der Waals surface area (Å²) in [5, 5.41) is 0.768. The van der Waals surface area contributed by atoms with E-state index in [4.69, 9.17) is 4.74 Å². The van der Waals surface area contributed by atoms with Gasteiger partial charge in [-0.05, 0) is 36.9 Å². The Morgan fingerprint density at radius 1 is 1.15 bits per heavy atom. The number of benzene rings is 1. The van der Waals surface area contributed by atoms with Crippen LogP contribution in [0.3, 0.4) is 0 Å². The number of aromatic nitrogens is 2. The highest BCUT2D eigenvalue weighted by Crippen LogP contribution is 2.20. The van der Waals surface area contributed by atoms with Gasteiger partial charge in [0.1, 0.15) is 11.4 Å². The fraction of sp³-hybridized carbons (Fsp3) is 0.300. The molecule has 3 aromatic rings. The zero-order chi connectivity index (χ0) is 17.9. The van der Waals surface area contributed by atoms with Crippen molar-refractivity contribution in [2.24, 2.45) is 0 Å². The van der Waals surface area contributed by atoms with Gasteiger partial charge < -0.3 is 14.6 Å². The van der Waals surface area contributed by atoms with Gasteiger partial charge >= 0.3 is 5.97 Å². The summed E-state index contributed by atoms with van der Waals surface area (Å²) in [5.74, 6) is 0.173. The fourth-order valence-corrected chi connectivity index (χ4v) is 3.21. The first-order chi connectivity index (χ1) is 12.7. The van der Waals surface area contributed by atoms with E-state index >= 15 is 0 Å². The third-order valence-electron chi connectivity index (χ3n) is 4.81. The van der Waals surface area contributed by atoms with Crippen molar-refractivity contribution < 1.29 is 9.53 Å². The Morgan fingerprint density at radius 2 is 1.92 bits per heavy atom. The predicted octanol–water partition coefficient (Wildman–Crippen LogP) is 2.53. The largest absolute Gasteiger partial charge is 0.423 e. The maximum absolute atomic E-state index is 12.4. The van der Waals surface area contributed by atoms with Crippen LogP contribution in [0.25, 0.3) is 11.0 Å². The minimum absolute atomic E-state index is 0.379. The van der Waals surface area contributed by atoms with Gasteiger partial charge in [-0.2, -0.15) is 0 Å². The maximum Gasteiger partial charge on any atom is 0.345 e. The Labute approximate surface area is 152 Å². The number of piperazine rings is 1. The highest BCUT2D eigenvalue weighted by atomic mass is 16.5. The summed E-state index contributed by atoms with van der Waals surface area (Å²) in [6.07, 6.45) is 3.33. The summed E-state index contributed by atoms with van der Waals surface area (Å²) in [6.45, 7) is 5.31. The van der Waals surface area contributed by atoms with Crippen molar-refractivity contribution in [1.29, 1.82) is 0 Å². The molecule has 6 heteroatoms. The number of nitrogens with one attached hydrogen (secondary N) is 1. The van der Waals surface area contributed by atoms with Crippen molar-refractivity contribution in [1.82, 2.24) is 19.8 Å². The lowest BCUT2D eigenvalue weighted by Gasteiger charge is -2.32. The minimum atomic E-state index is -0.379. The molecular formula is C20H22N4O2. The van der Waals surface area contributed by atoms with Crippen LogP contribution < -0.4 is 4.74 Å². The van der Waals surface area contributed by atoms with Gasteiger partial charge in [-0.1, -0.05) is 12.1 Å². The molecule has 0 amide bonds. The first-order valence-corrected chi connectivity index (χ1v) is 8.83. The van der Waals surface area contributed by atoms with E-state index in [0.717, 1.165) is 38.1 Å². The molecule has 0 saturated carbocycles. The molecule has 1 aliphatic rings. The molecule has 6 nitrogen and oxygen atoms in total. The van der Waals surface area contributed by atoms with Crippen molar-refractivity contribution in [3.05, 3.63) is 59.9 Å². The van der Waals surface area contributed by atoms with Gasteiger partial charge in [-0.25, -0.2) is 9.78 Å². The number of rotatable bonds is 4. The zero-order valence-corrected chi connectivity index (χ0v) is 14.8. The van der Waals surface area contributed by atoms with E-state index in [9.17, 15) is 4.79 Å². The Kier molecular flexibility index (Phi) is 4.69. The Hall–Kier alpha value is -2.70. The van der Waals surface area contributed by atoms with E-state index in [1.54, 1.807) is 18.5 Å². The van der Waals surface area contributed by atoms with Crippen LogP contribution in [0.5, 0.6) is 5.75 Å². The molecule has 1 aliphatic heterocycles. The van der Waals surface area contributed by atoms with Crippen molar-refractivity contribution in [3.63, 3.8) is 0 Å². The van der Waals surface area contributed by atoms with Crippen molar-refractivity contribution in [3.8, 4) is 5.75 Å². The lowest BCUT2D eigenvalue weighted by Crippen LogP contribution is -2.43. The van der Waals surface area contributed by atoms with Crippen LogP contribution in [0, 0.1) is 0 Å². The second kappa shape index (κ2) is 7.27. The lowest BCUT2D eigenvalue weighted by atomic mass is 10.2. The first kappa shape index (κ1) is 16.8. The second-order valence-corrected chi connectivity index (χ2v) is 6.71. The number of carbonyl (C=O) groups excluding carboxylic acids is 1.